The van der Waals surface area contributed by atoms with Crippen LogP contribution in [0.15, 0.2) is 6.07 Å². The van der Waals surface area contributed by atoms with Gasteiger partial charge in [-0.05, 0) is 6.07 Å². The fraction of sp³-hybridized carbons (Fsp3) is 0.250. The van der Waals surface area contributed by atoms with Gasteiger partial charge in [0.05, 0.1) is 28.2 Å². The maximum atomic E-state index is 12.3. The molecule has 0 N–H and O–H groups in total. The van der Waals surface area contributed by atoms with Gasteiger partial charge in [-0.15, -0.1) is 0 Å². The van der Waals surface area contributed by atoms with Crippen molar-refractivity contribution < 1.29 is 8.78 Å². The average Bonchev–Trinajstić information content (AvgIpc) is 2.09. The zero-order valence-electron chi connectivity index (χ0n) is 6.77. The molecule has 0 aliphatic heterocycles. The van der Waals surface area contributed by atoms with E-state index in [1.807, 2.05) is 0 Å². The van der Waals surface area contributed by atoms with Gasteiger partial charge >= 0.3 is 0 Å². The lowest BCUT2D eigenvalue weighted by Gasteiger charge is -2.05. The van der Waals surface area contributed by atoms with E-state index in [1.165, 1.54) is 6.07 Å². The minimum absolute atomic E-state index is 0.115. The number of nitrogens with zero attached hydrogens (tertiary/aromatic N) is 2. The van der Waals surface area contributed by atoms with Crippen LogP contribution in [0.3, 0.4) is 0 Å². The molecule has 0 bridgehead atoms. The number of rotatable bonds is 2. The first-order chi connectivity index (χ1) is 6.56. The Kier molecular flexibility index (Phi) is 3.62. The Morgan fingerprint density at radius 2 is 2.07 bits per heavy atom. The van der Waals surface area contributed by atoms with Crippen molar-refractivity contribution in [3.8, 4) is 6.07 Å². The molecule has 1 aromatic rings. The highest BCUT2D eigenvalue weighted by molar-refractivity contribution is 6.35. The predicted molar refractivity (Wildman–Crippen MR) is 48.5 cm³/mol. The second-order valence-electron chi connectivity index (χ2n) is 2.42. The molecule has 1 aromatic heterocycles. The summed E-state index contributed by atoms with van der Waals surface area (Å²) in [4.78, 5) is 3.52. The van der Waals surface area contributed by atoms with E-state index in [1.54, 1.807) is 6.07 Å². The van der Waals surface area contributed by atoms with Crippen LogP contribution in [-0.4, -0.2) is 4.98 Å². The molecule has 0 saturated carbocycles. The number of hydrogen-bond acceptors (Lipinski definition) is 2. The maximum Gasteiger partial charge on any atom is 0.281 e. The molecule has 1 rings (SSSR count). The Bertz CT molecular complexity index is 388. The molecule has 0 aliphatic carbocycles. The van der Waals surface area contributed by atoms with Gasteiger partial charge in [-0.3, -0.25) is 0 Å². The van der Waals surface area contributed by atoms with E-state index in [9.17, 15) is 8.78 Å². The van der Waals surface area contributed by atoms with E-state index in [4.69, 9.17) is 28.5 Å². The van der Waals surface area contributed by atoms with Crippen LogP contribution in [0.1, 0.15) is 17.8 Å². The number of hydrogen-bond donors (Lipinski definition) is 0. The molecule has 14 heavy (non-hydrogen) atoms. The van der Waals surface area contributed by atoms with E-state index in [0.29, 0.717) is 0 Å². The molecule has 0 saturated heterocycles. The Morgan fingerprint density at radius 1 is 1.43 bits per heavy atom. The van der Waals surface area contributed by atoms with Gasteiger partial charge in [0.15, 0.2) is 0 Å². The lowest BCUT2D eigenvalue weighted by Crippen LogP contribution is -1.98. The molecule has 0 atom stereocenters. The summed E-state index contributed by atoms with van der Waals surface area (Å²) in [5.41, 5.74) is -0.421. The molecule has 74 valence electrons. The van der Waals surface area contributed by atoms with E-state index < -0.39 is 12.1 Å². The quantitative estimate of drug-likeness (QED) is 0.790. The van der Waals surface area contributed by atoms with Gasteiger partial charge in [0.1, 0.15) is 5.69 Å². The van der Waals surface area contributed by atoms with Gasteiger partial charge in [0, 0.05) is 0 Å². The Labute approximate surface area is 89.1 Å². The molecule has 6 heteroatoms. The van der Waals surface area contributed by atoms with Crippen molar-refractivity contribution in [1.82, 2.24) is 4.98 Å². The van der Waals surface area contributed by atoms with Crippen molar-refractivity contribution in [3.63, 3.8) is 0 Å². The minimum Gasteiger partial charge on any atom is -0.248 e. The Hall–Kier alpha value is -0.920. The second-order valence-corrected chi connectivity index (χ2v) is 3.23. The second kappa shape index (κ2) is 4.54. The summed E-state index contributed by atoms with van der Waals surface area (Å²) in [6, 6.07) is 2.95. The van der Waals surface area contributed by atoms with Gasteiger partial charge in [-0.2, -0.15) is 5.26 Å². The van der Waals surface area contributed by atoms with Gasteiger partial charge in [0.2, 0.25) is 0 Å². The van der Waals surface area contributed by atoms with Crippen LogP contribution in [0.25, 0.3) is 0 Å². The average molecular weight is 237 g/mol. The normalized spacial score (nSPS) is 10.3. The molecule has 2 nitrogen and oxygen atoms in total. The van der Waals surface area contributed by atoms with Crippen LogP contribution in [0.2, 0.25) is 10.0 Å². The van der Waals surface area contributed by atoms with Crippen LogP contribution < -0.4 is 0 Å². The summed E-state index contributed by atoms with van der Waals surface area (Å²) in [5.74, 6) is 0. The first-order valence-electron chi connectivity index (χ1n) is 3.56. The van der Waals surface area contributed by atoms with E-state index in [2.05, 4.69) is 4.98 Å². The summed E-state index contributed by atoms with van der Waals surface area (Å²) >= 11 is 11.1. The smallest absolute Gasteiger partial charge is 0.248 e. The first kappa shape index (κ1) is 11.2. The molecular formula is C8H4Cl2F2N2. The van der Waals surface area contributed by atoms with Gasteiger partial charge in [-0.25, -0.2) is 13.8 Å². The first-order valence-corrected chi connectivity index (χ1v) is 4.31. The zero-order chi connectivity index (χ0) is 10.7. The highest BCUT2D eigenvalue weighted by atomic mass is 35.5. The number of halogens is 4. The van der Waals surface area contributed by atoms with Crippen molar-refractivity contribution in [1.29, 1.82) is 5.26 Å². The monoisotopic (exact) mass is 236 g/mol. The molecule has 0 radical (unpaired) electrons. The van der Waals surface area contributed by atoms with Crippen molar-refractivity contribution in [2.45, 2.75) is 12.8 Å². The summed E-state index contributed by atoms with van der Waals surface area (Å²) < 4.78 is 24.6. The molecule has 0 fully saturated rings. The number of aromatic nitrogens is 1. The molecule has 0 spiro atoms. The van der Waals surface area contributed by atoms with Crippen LogP contribution in [0.4, 0.5) is 8.78 Å². The van der Waals surface area contributed by atoms with E-state index >= 15 is 0 Å². The molecule has 1 heterocycles. The highest BCUT2D eigenvalue weighted by Gasteiger charge is 2.16. The van der Waals surface area contributed by atoms with Gasteiger partial charge in [-0.1, -0.05) is 23.2 Å². The topological polar surface area (TPSA) is 36.7 Å². The fourth-order valence-corrected chi connectivity index (χ4v) is 1.38. The summed E-state index contributed by atoms with van der Waals surface area (Å²) in [6.45, 7) is 0. The van der Waals surface area contributed by atoms with E-state index in [-0.39, 0.29) is 22.2 Å². The molecule has 0 aromatic carbocycles. The van der Waals surface area contributed by atoms with Crippen molar-refractivity contribution in [2.75, 3.05) is 0 Å². The van der Waals surface area contributed by atoms with Gasteiger partial charge in [0.25, 0.3) is 6.43 Å². The van der Waals surface area contributed by atoms with Crippen molar-refractivity contribution in [2.24, 2.45) is 0 Å². The summed E-state index contributed by atoms with van der Waals surface area (Å²) in [5, 5.41) is 8.31. The lowest BCUT2D eigenvalue weighted by atomic mass is 10.2. The van der Waals surface area contributed by atoms with Crippen LogP contribution in [-0.2, 0) is 6.42 Å². The molecule has 0 amide bonds. The zero-order valence-corrected chi connectivity index (χ0v) is 8.28. The molecule has 0 aliphatic rings. The Balaban J connectivity index is 3.21. The number of nitriles is 1. The van der Waals surface area contributed by atoms with Crippen molar-refractivity contribution in [3.05, 3.63) is 27.5 Å². The third-order valence-electron chi connectivity index (χ3n) is 1.48. The Morgan fingerprint density at radius 3 is 2.57 bits per heavy atom. The lowest BCUT2D eigenvalue weighted by molar-refractivity contribution is 0.146. The van der Waals surface area contributed by atoms with Crippen LogP contribution in [0.5, 0.6) is 0 Å². The van der Waals surface area contributed by atoms with Crippen LogP contribution in [0, 0.1) is 11.3 Å². The molecular weight excluding hydrogens is 233 g/mol. The SMILES string of the molecule is N#CCc1nc(C(F)F)c(Cl)cc1Cl. The molecule has 0 unspecified atom stereocenters. The van der Waals surface area contributed by atoms with Crippen LogP contribution >= 0.6 is 23.2 Å². The standard InChI is InChI=1S/C8H4Cl2F2N2/c9-4-3-5(10)7(8(11)12)14-6(4)1-2-13/h3,8H,1H2. The maximum absolute atomic E-state index is 12.3. The fourth-order valence-electron chi connectivity index (χ4n) is 0.873. The predicted octanol–water partition coefficient (Wildman–Crippen LogP) is 3.39. The largest absolute Gasteiger partial charge is 0.281 e. The third-order valence-corrected chi connectivity index (χ3v) is 2.11. The number of alkyl halides is 2. The van der Waals surface area contributed by atoms with E-state index in [0.717, 1.165) is 0 Å². The number of pyridine rings is 1. The van der Waals surface area contributed by atoms with Gasteiger partial charge < -0.3 is 0 Å². The summed E-state index contributed by atoms with van der Waals surface area (Å²) in [7, 11) is 0. The summed E-state index contributed by atoms with van der Waals surface area (Å²) in [6.07, 6.45) is -2.88. The highest BCUT2D eigenvalue weighted by Crippen LogP contribution is 2.29. The minimum atomic E-state index is -2.77. The third kappa shape index (κ3) is 2.31. The van der Waals surface area contributed by atoms with Crippen molar-refractivity contribution >= 4 is 23.2 Å².